The Morgan fingerprint density at radius 3 is 3.12 bits per heavy atom. The summed E-state index contributed by atoms with van der Waals surface area (Å²) >= 11 is 1.63. The highest BCUT2D eigenvalue weighted by molar-refractivity contribution is 7.10. The van der Waals surface area contributed by atoms with E-state index in [2.05, 4.69) is 23.4 Å². The van der Waals surface area contributed by atoms with Gasteiger partial charge >= 0.3 is 0 Å². The third-order valence-corrected chi connectivity index (χ3v) is 4.97. The number of amides is 1. The molecule has 2 aromatic rings. The minimum atomic E-state index is 0.0388. The zero-order valence-corrected chi connectivity index (χ0v) is 15.6. The molecule has 2 aromatic heterocycles. The number of rotatable bonds is 6. The number of imidazole rings is 1. The predicted molar refractivity (Wildman–Crippen MR) is 100 cm³/mol. The van der Waals surface area contributed by atoms with Crippen LogP contribution >= 0.6 is 11.3 Å². The van der Waals surface area contributed by atoms with Crippen LogP contribution in [0.2, 0.25) is 0 Å². The average Bonchev–Trinajstić information content (AvgIpc) is 3.21. The Morgan fingerprint density at radius 1 is 1.48 bits per heavy atom. The number of aromatic nitrogens is 2. The second kappa shape index (κ2) is 8.45. The van der Waals surface area contributed by atoms with E-state index < -0.39 is 0 Å². The van der Waals surface area contributed by atoms with E-state index in [0.717, 1.165) is 23.7 Å². The van der Waals surface area contributed by atoms with Crippen molar-refractivity contribution in [1.82, 2.24) is 14.5 Å². The van der Waals surface area contributed by atoms with Crippen LogP contribution in [0, 0.1) is 11.8 Å². The van der Waals surface area contributed by atoms with Gasteiger partial charge in [0.2, 0.25) is 5.91 Å². The topological polar surface area (TPSA) is 47.4 Å². The monoisotopic (exact) mass is 359 g/mol. The summed E-state index contributed by atoms with van der Waals surface area (Å²) in [5.41, 5.74) is 1.07. The lowest BCUT2D eigenvalue weighted by Gasteiger charge is -2.23. The molecule has 0 unspecified atom stereocenters. The Morgan fingerprint density at radius 2 is 2.36 bits per heavy atom. The molecule has 1 aliphatic rings. The van der Waals surface area contributed by atoms with Crippen LogP contribution in [0.3, 0.4) is 0 Å². The fourth-order valence-corrected chi connectivity index (χ4v) is 3.56. The maximum absolute atomic E-state index is 12.7. The lowest BCUT2D eigenvalue weighted by atomic mass is 10.1. The summed E-state index contributed by atoms with van der Waals surface area (Å²) in [5.74, 6) is 0.825. The van der Waals surface area contributed by atoms with Crippen LogP contribution in [0.15, 0.2) is 36.1 Å². The van der Waals surface area contributed by atoms with E-state index in [1.165, 1.54) is 0 Å². The van der Waals surface area contributed by atoms with Gasteiger partial charge in [-0.1, -0.05) is 19.9 Å². The van der Waals surface area contributed by atoms with Crippen molar-refractivity contribution in [2.24, 2.45) is 11.8 Å². The highest BCUT2D eigenvalue weighted by atomic mass is 32.1. The van der Waals surface area contributed by atoms with Gasteiger partial charge in [0.15, 0.2) is 0 Å². The molecular weight excluding hydrogens is 334 g/mol. The number of hydrogen-bond donors (Lipinski definition) is 0. The maximum Gasteiger partial charge on any atom is 0.246 e. The van der Waals surface area contributed by atoms with E-state index in [9.17, 15) is 4.79 Å². The summed E-state index contributed by atoms with van der Waals surface area (Å²) in [6.45, 7) is 7.83. The standard InChI is InChI=1S/C19H25N3O2S/c1-15(2)12-24-13-16-9-21(11-17-8-20-14-22(17)10-16)19(23)6-5-18-4-3-7-25-18/h3-8,14-16H,9-13H2,1-2H3/b6-5+/t16-/m1/s1. The van der Waals surface area contributed by atoms with Crippen LogP contribution in [0.4, 0.5) is 0 Å². The Labute approximate surface area is 152 Å². The summed E-state index contributed by atoms with van der Waals surface area (Å²) in [6, 6.07) is 4.00. The summed E-state index contributed by atoms with van der Waals surface area (Å²) < 4.78 is 7.98. The Kier molecular flexibility index (Phi) is 6.04. The van der Waals surface area contributed by atoms with Gasteiger partial charge in [0, 0.05) is 42.8 Å². The Balaban J connectivity index is 1.68. The summed E-state index contributed by atoms with van der Waals surface area (Å²) in [6.07, 6.45) is 7.25. The van der Waals surface area contributed by atoms with Crippen molar-refractivity contribution in [2.75, 3.05) is 19.8 Å². The number of thiophene rings is 1. The molecule has 5 nitrogen and oxygen atoms in total. The lowest BCUT2D eigenvalue weighted by Crippen LogP contribution is -2.34. The fraction of sp³-hybridized carbons (Fsp3) is 0.474. The van der Waals surface area contributed by atoms with Crippen LogP contribution < -0.4 is 0 Å². The van der Waals surface area contributed by atoms with Crippen molar-refractivity contribution >= 4 is 23.3 Å². The van der Waals surface area contributed by atoms with Crippen molar-refractivity contribution in [1.29, 1.82) is 0 Å². The van der Waals surface area contributed by atoms with E-state index in [0.29, 0.717) is 25.6 Å². The van der Waals surface area contributed by atoms with E-state index in [4.69, 9.17) is 4.74 Å². The van der Waals surface area contributed by atoms with Crippen LogP contribution in [-0.4, -0.2) is 40.1 Å². The van der Waals surface area contributed by atoms with Gasteiger partial charge in [0.05, 0.1) is 25.2 Å². The third kappa shape index (κ3) is 5.03. The van der Waals surface area contributed by atoms with Crippen molar-refractivity contribution in [3.8, 4) is 0 Å². The van der Waals surface area contributed by atoms with E-state index in [1.807, 2.05) is 41.0 Å². The first-order valence-electron chi connectivity index (χ1n) is 8.69. The molecular formula is C19H25N3O2S. The smallest absolute Gasteiger partial charge is 0.246 e. The molecule has 0 radical (unpaired) electrons. The van der Waals surface area contributed by atoms with Crippen LogP contribution in [0.25, 0.3) is 6.08 Å². The second-order valence-electron chi connectivity index (χ2n) is 6.90. The molecule has 3 rings (SSSR count). The minimum absolute atomic E-state index is 0.0388. The molecule has 0 spiro atoms. The molecule has 0 bridgehead atoms. The molecule has 3 heterocycles. The molecule has 25 heavy (non-hydrogen) atoms. The number of fused-ring (bicyclic) bond motifs is 1. The van der Waals surface area contributed by atoms with Gasteiger partial charge in [0.25, 0.3) is 0 Å². The van der Waals surface area contributed by atoms with E-state index in [1.54, 1.807) is 17.4 Å². The summed E-state index contributed by atoms with van der Waals surface area (Å²) in [7, 11) is 0. The quantitative estimate of drug-likeness (QED) is 0.744. The molecule has 6 heteroatoms. The summed E-state index contributed by atoms with van der Waals surface area (Å²) in [5, 5.41) is 2.01. The Hall–Kier alpha value is -1.92. The number of carbonyl (C=O) groups is 1. The van der Waals surface area contributed by atoms with Gasteiger partial charge in [-0.2, -0.15) is 0 Å². The van der Waals surface area contributed by atoms with Crippen LogP contribution in [-0.2, 0) is 22.6 Å². The third-order valence-electron chi connectivity index (χ3n) is 4.13. The predicted octanol–water partition coefficient (Wildman–Crippen LogP) is 3.29. The molecule has 0 saturated heterocycles. The molecule has 1 aliphatic heterocycles. The van der Waals surface area contributed by atoms with Crippen molar-refractivity contribution in [2.45, 2.75) is 26.9 Å². The number of carbonyl (C=O) groups excluding carboxylic acids is 1. The zero-order chi connectivity index (χ0) is 17.6. The average molecular weight is 359 g/mol. The van der Waals surface area contributed by atoms with Gasteiger partial charge in [-0.3, -0.25) is 4.79 Å². The summed E-state index contributed by atoms with van der Waals surface area (Å²) in [4.78, 5) is 19.9. The fourth-order valence-electron chi connectivity index (χ4n) is 2.94. The van der Waals surface area contributed by atoms with E-state index in [-0.39, 0.29) is 11.8 Å². The molecule has 0 aliphatic carbocycles. The maximum atomic E-state index is 12.7. The highest BCUT2D eigenvalue weighted by Crippen LogP contribution is 2.18. The van der Waals surface area contributed by atoms with Gasteiger partial charge in [0.1, 0.15) is 0 Å². The first-order chi connectivity index (χ1) is 12.1. The number of nitrogens with zero attached hydrogens (tertiary/aromatic N) is 3. The van der Waals surface area contributed by atoms with Crippen LogP contribution in [0.1, 0.15) is 24.4 Å². The largest absolute Gasteiger partial charge is 0.381 e. The molecule has 1 amide bonds. The van der Waals surface area contributed by atoms with Crippen LogP contribution in [0.5, 0.6) is 0 Å². The normalized spacial score (nSPS) is 17.9. The zero-order valence-electron chi connectivity index (χ0n) is 14.8. The molecule has 0 N–H and O–H groups in total. The molecule has 134 valence electrons. The minimum Gasteiger partial charge on any atom is -0.381 e. The first-order valence-corrected chi connectivity index (χ1v) is 9.57. The van der Waals surface area contributed by atoms with E-state index >= 15 is 0 Å². The Bertz CT molecular complexity index is 706. The molecule has 0 saturated carbocycles. The van der Waals surface area contributed by atoms with Crippen molar-refractivity contribution < 1.29 is 9.53 Å². The molecule has 1 atom stereocenters. The number of hydrogen-bond acceptors (Lipinski definition) is 4. The molecule has 0 aromatic carbocycles. The highest BCUT2D eigenvalue weighted by Gasteiger charge is 2.24. The lowest BCUT2D eigenvalue weighted by molar-refractivity contribution is -0.127. The van der Waals surface area contributed by atoms with Gasteiger partial charge < -0.3 is 14.2 Å². The van der Waals surface area contributed by atoms with Crippen molar-refractivity contribution in [3.63, 3.8) is 0 Å². The number of ether oxygens (including phenoxy) is 1. The van der Waals surface area contributed by atoms with Crippen molar-refractivity contribution in [3.05, 3.63) is 46.7 Å². The SMILES string of the molecule is CC(C)COC[C@@H]1CN(C(=O)/C=C/c2cccs2)Cc2cncn2C1. The second-order valence-corrected chi connectivity index (χ2v) is 7.88. The molecule has 0 fully saturated rings. The first kappa shape index (κ1) is 17.9. The van der Waals surface area contributed by atoms with Gasteiger partial charge in [-0.05, 0) is 23.4 Å². The van der Waals surface area contributed by atoms with Gasteiger partial charge in [-0.25, -0.2) is 4.98 Å². The van der Waals surface area contributed by atoms with Gasteiger partial charge in [-0.15, -0.1) is 11.3 Å².